The van der Waals surface area contributed by atoms with E-state index in [0.717, 1.165) is 65.9 Å². The van der Waals surface area contributed by atoms with E-state index in [1.807, 2.05) is 42.1 Å². The molecule has 1 N–H and O–H groups in total. The van der Waals surface area contributed by atoms with Crippen molar-refractivity contribution < 1.29 is 18.8 Å². The third-order valence-electron chi connectivity index (χ3n) is 6.12. The first-order valence-corrected chi connectivity index (χ1v) is 12.8. The molecule has 7 nitrogen and oxygen atoms in total. The lowest BCUT2D eigenvalue weighted by molar-refractivity contribution is 0.00248. The Morgan fingerprint density at radius 3 is 2.70 bits per heavy atom. The molecule has 0 radical (unpaired) electrons. The fourth-order valence-corrected chi connectivity index (χ4v) is 5.18. The first-order chi connectivity index (χ1) is 16.3. The SMILES string of the molecule is O[C@@H](COCc1ccco1)CN(Cc1c(-c2ccccc2)noc1N1CCSCC1)C1CC1. The third-order valence-corrected chi connectivity index (χ3v) is 7.06. The molecule has 1 aliphatic heterocycles. The number of nitrogens with zero attached hydrogens (tertiary/aromatic N) is 3. The van der Waals surface area contributed by atoms with Gasteiger partial charge in [-0.25, -0.2) is 0 Å². The highest BCUT2D eigenvalue weighted by Crippen LogP contribution is 2.36. The Hall–Kier alpha value is -2.26. The largest absolute Gasteiger partial charge is 0.467 e. The second-order valence-electron chi connectivity index (χ2n) is 8.69. The minimum Gasteiger partial charge on any atom is -0.467 e. The topological polar surface area (TPSA) is 75.1 Å². The number of rotatable bonds is 11. The molecule has 5 rings (SSSR count). The first kappa shape index (κ1) is 22.5. The van der Waals surface area contributed by atoms with Crippen molar-refractivity contribution >= 4 is 17.6 Å². The maximum absolute atomic E-state index is 10.7. The number of hydrogen-bond donors (Lipinski definition) is 1. The summed E-state index contributed by atoms with van der Waals surface area (Å²) in [4.78, 5) is 4.68. The molecule has 0 spiro atoms. The van der Waals surface area contributed by atoms with E-state index in [2.05, 4.69) is 27.1 Å². The lowest BCUT2D eigenvalue weighted by Gasteiger charge is -2.29. The molecule has 3 aromatic rings. The van der Waals surface area contributed by atoms with E-state index in [9.17, 15) is 5.11 Å². The van der Waals surface area contributed by atoms with Crippen molar-refractivity contribution in [3.63, 3.8) is 0 Å². The molecule has 1 atom stereocenters. The number of furan rings is 1. The van der Waals surface area contributed by atoms with Gasteiger partial charge in [0.25, 0.3) is 0 Å². The van der Waals surface area contributed by atoms with Gasteiger partial charge in [-0.15, -0.1) is 0 Å². The van der Waals surface area contributed by atoms with Crippen LogP contribution in [0.1, 0.15) is 24.2 Å². The van der Waals surface area contributed by atoms with Crippen LogP contribution in [-0.2, 0) is 17.9 Å². The van der Waals surface area contributed by atoms with Crippen LogP contribution in [0.15, 0.2) is 57.7 Å². The molecule has 1 saturated carbocycles. The molecule has 2 aliphatic rings. The fourth-order valence-electron chi connectivity index (χ4n) is 4.28. The van der Waals surface area contributed by atoms with Crippen molar-refractivity contribution in [2.24, 2.45) is 0 Å². The average Bonchev–Trinajstić information content (AvgIpc) is 3.41. The van der Waals surface area contributed by atoms with Crippen molar-refractivity contribution in [2.45, 2.75) is 38.1 Å². The summed E-state index contributed by atoms with van der Waals surface area (Å²) >= 11 is 1.98. The van der Waals surface area contributed by atoms with Gasteiger partial charge in [-0.3, -0.25) is 4.90 Å². The molecule has 0 amide bonds. The molecule has 1 aromatic carbocycles. The van der Waals surface area contributed by atoms with Gasteiger partial charge in [0.1, 0.15) is 18.1 Å². The number of thioether (sulfide) groups is 1. The summed E-state index contributed by atoms with van der Waals surface area (Å²) in [6.45, 7) is 3.83. The van der Waals surface area contributed by atoms with Crippen LogP contribution < -0.4 is 4.90 Å². The number of aromatic nitrogens is 1. The standard InChI is InChI=1S/C25H31N3O4S/c29-21(17-30-18-22-7-4-12-31-22)15-28(20-8-9-20)16-23-24(19-5-2-1-3-6-19)26-32-25(23)27-10-13-33-14-11-27/h1-7,12,20-21,29H,8-11,13-18H2/t21-/m1/s1. The highest BCUT2D eigenvalue weighted by Gasteiger charge is 2.33. The van der Waals surface area contributed by atoms with E-state index in [4.69, 9.17) is 13.7 Å². The third kappa shape index (κ3) is 5.81. The Labute approximate surface area is 198 Å². The number of benzene rings is 1. The molecular formula is C25H31N3O4S. The summed E-state index contributed by atoms with van der Waals surface area (Å²) < 4.78 is 16.9. The second-order valence-corrected chi connectivity index (χ2v) is 9.91. The number of anilines is 1. The van der Waals surface area contributed by atoms with Gasteiger partial charge in [-0.1, -0.05) is 35.5 Å². The maximum atomic E-state index is 10.7. The Morgan fingerprint density at radius 2 is 1.97 bits per heavy atom. The molecule has 176 valence electrons. The molecule has 3 heterocycles. The van der Waals surface area contributed by atoms with Crippen LogP contribution in [-0.4, -0.2) is 65.1 Å². The lowest BCUT2D eigenvalue weighted by Crippen LogP contribution is -2.37. The van der Waals surface area contributed by atoms with E-state index < -0.39 is 6.10 Å². The van der Waals surface area contributed by atoms with Crippen LogP contribution in [0.3, 0.4) is 0 Å². The summed E-state index contributed by atoms with van der Waals surface area (Å²) in [5.41, 5.74) is 3.08. The molecule has 1 saturated heterocycles. The Morgan fingerprint density at radius 1 is 1.15 bits per heavy atom. The smallest absolute Gasteiger partial charge is 0.232 e. The van der Waals surface area contributed by atoms with Gasteiger partial charge in [0.15, 0.2) is 0 Å². The van der Waals surface area contributed by atoms with Crippen molar-refractivity contribution in [1.29, 1.82) is 0 Å². The molecule has 0 unspecified atom stereocenters. The molecule has 1 aliphatic carbocycles. The van der Waals surface area contributed by atoms with E-state index in [1.165, 1.54) is 0 Å². The van der Waals surface area contributed by atoms with Crippen LogP contribution in [0.4, 0.5) is 5.88 Å². The highest BCUT2D eigenvalue weighted by molar-refractivity contribution is 7.99. The van der Waals surface area contributed by atoms with Crippen LogP contribution in [0.2, 0.25) is 0 Å². The van der Waals surface area contributed by atoms with Gasteiger partial charge in [0, 0.05) is 49.3 Å². The van der Waals surface area contributed by atoms with E-state index in [1.54, 1.807) is 6.26 Å². The van der Waals surface area contributed by atoms with Crippen LogP contribution in [0.5, 0.6) is 0 Å². The summed E-state index contributed by atoms with van der Waals surface area (Å²) in [6.07, 6.45) is 3.37. The van der Waals surface area contributed by atoms with Crippen molar-refractivity contribution in [3.8, 4) is 11.3 Å². The monoisotopic (exact) mass is 469 g/mol. The van der Waals surface area contributed by atoms with Gasteiger partial charge in [-0.05, 0) is 25.0 Å². The van der Waals surface area contributed by atoms with E-state index in [-0.39, 0.29) is 6.61 Å². The minimum atomic E-state index is -0.574. The quantitative estimate of drug-likeness (QED) is 0.451. The number of hydrogen-bond acceptors (Lipinski definition) is 8. The summed E-state index contributed by atoms with van der Waals surface area (Å²) in [7, 11) is 0. The number of aliphatic hydroxyl groups is 1. The van der Waals surface area contributed by atoms with E-state index in [0.29, 0.717) is 25.7 Å². The zero-order valence-electron chi connectivity index (χ0n) is 18.8. The predicted octanol–water partition coefficient (Wildman–Crippen LogP) is 4.03. The van der Waals surface area contributed by atoms with E-state index >= 15 is 0 Å². The Bertz CT molecular complexity index is 985. The van der Waals surface area contributed by atoms with Crippen molar-refractivity contribution in [3.05, 3.63) is 60.1 Å². The van der Waals surface area contributed by atoms with Crippen LogP contribution in [0, 0.1) is 0 Å². The normalized spacial score (nSPS) is 17.6. The molecule has 2 fully saturated rings. The lowest BCUT2D eigenvalue weighted by atomic mass is 10.1. The average molecular weight is 470 g/mol. The Kier molecular flexibility index (Phi) is 7.36. The first-order valence-electron chi connectivity index (χ1n) is 11.7. The van der Waals surface area contributed by atoms with Gasteiger partial charge < -0.3 is 23.7 Å². The summed E-state index contributed by atoms with van der Waals surface area (Å²) in [6, 6.07) is 14.4. The number of ether oxygens (including phenoxy) is 1. The van der Waals surface area contributed by atoms with Gasteiger partial charge in [0.2, 0.25) is 5.88 Å². The molecule has 8 heteroatoms. The zero-order valence-corrected chi connectivity index (χ0v) is 19.6. The summed E-state index contributed by atoms with van der Waals surface area (Å²) in [5, 5.41) is 15.2. The Balaban J connectivity index is 1.31. The van der Waals surface area contributed by atoms with Gasteiger partial charge in [0.05, 0.1) is 24.5 Å². The molecule has 33 heavy (non-hydrogen) atoms. The number of aliphatic hydroxyl groups excluding tert-OH is 1. The molecule has 0 bridgehead atoms. The van der Waals surface area contributed by atoms with Gasteiger partial charge >= 0.3 is 0 Å². The van der Waals surface area contributed by atoms with Crippen molar-refractivity contribution in [2.75, 3.05) is 42.6 Å². The molecule has 2 aromatic heterocycles. The van der Waals surface area contributed by atoms with Crippen LogP contribution in [0.25, 0.3) is 11.3 Å². The highest BCUT2D eigenvalue weighted by atomic mass is 32.2. The van der Waals surface area contributed by atoms with Gasteiger partial charge in [-0.2, -0.15) is 11.8 Å². The predicted molar refractivity (Wildman–Crippen MR) is 129 cm³/mol. The molecular weight excluding hydrogens is 438 g/mol. The second kappa shape index (κ2) is 10.8. The fraction of sp³-hybridized carbons (Fsp3) is 0.480. The summed E-state index contributed by atoms with van der Waals surface area (Å²) in [5.74, 6) is 3.84. The maximum Gasteiger partial charge on any atom is 0.232 e. The van der Waals surface area contributed by atoms with Crippen molar-refractivity contribution in [1.82, 2.24) is 10.1 Å². The zero-order chi connectivity index (χ0) is 22.5. The minimum absolute atomic E-state index is 0.273. The van der Waals surface area contributed by atoms with Crippen LogP contribution >= 0.6 is 11.8 Å².